The standard InChI is InChI=1S/C34H50N4O9/c1-32-13-11-21(47-28(42)10-8-26(40)38-24(30(43)44)4-3-15-37-31(35)36)16-20(32)6-7-23-29(32)25(39)17-33(2)22(12-14-34(23,33)45)19-5-9-27(41)46-18-19/h5,9,18,20-25,29,39,45H,3-4,6-8,10-17H2,1-2H3,(H,38,40)(H,43,44)(H4,35,36,37)/t20-,21+,22-,23-,24+,25-,29-,32+,33-,34+/m1/s1. The van der Waals surface area contributed by atoms with E-state index < -0.39 is 46.6 Å². The van der Waals surface area contributed by atoms with Gasteiger partial charge >= 0.3 is 17.6 Å². The number of hydrogen-bond donors (Lipinski definition) is 6. The van der Waals surface area contributed by atoms with Crippen molar-refractivity contribution in [3.05, 3.63) is 34.4 Å². The number of carboxylic acid groups (broad SMARTS) is 1. The summed E-state index contributed by atoms with van der Waals surface area (Å²) in [5.74, 6) is -2.30. The Morgan fingerprint density at radius 1 is 1.13 bits per heavy atom. The van der Waals surface area contributed by atoms with Crippen molar-refractivity contribution >= 4 is 23.8 Å². The Morgan fingerprint density at radius 3 is 2.57 bits per heavy atom. The molecule has 4 fully saturated rings. The SMILES string of the molecule is C[C@]12CC[C@H](OC(=O)CCC(=O)N[C@@H](CCCN=C(N)N)C(=O)O)C[C@H]1CC[C@@H]1[C@@H]2[C@H](O)C[C@]2(C)[C@@H](c3ccc(=O)oc3)CC[C@]12O. The maximum atomic E-state index is 12.7. The van der Waals surface area contributed by atoms with E-state index in [1.165, 1.54) is 12.3 Å². The smallest absolute Gasteiger partial charge is 0.335 e. The number of nitrogens with one attached hydrogen (secondary N) is 1. The van der Waals surface area contributed by atoms with Crippen LogP contribution in [-0.4, -0.2) is 69.5 Å². The molecule has 0 radical (unpaired) electrons. The molecule has 13 heteroatoms. The van der Waals surface area contributed by atoms with Gasteiger partial charge < -0.3 is 41.3 Å². The van der Waals surface area contributed by atoms with Crippen LogP contribution in [-0.2, 0) is 19.1 Å². The number of carbonyl (C=O) groups excluding carboxylic acids is 2. The first-order chi connectivity index (χ1) is 22.2. The summed E-state index contributed by atoms with van der Waals surface area (Å²) in [5.41, 5.74) is 9.27. The quantitative estimate of drug-likeness (QED) is 0.0874. The van der Waals surface area contributed by atoms with Gasteiger partial charge in [-0.15, -0.1) is 0 Å². The van der Waals surface area contributed by atoms with Crippen LogP contribution >= 0.6 is 0 Å². The van der Waals surface area contributed by atoms with Gasteiger partial charge in [-0.2, -0.15) is 0 Å². The highest BCUT2D eigenvalue weighted by Crippen LogP contribution is 2.70. The van der Waals surface area contributed by atoms with Gasteiger partial charge in [-0.1, -0.05) is 13.8 Å². The number of nitrogens with two attached hydrogens (primary N) is 2. The summed E-state index contributed by atoms with van der Waals surface area (Å²) in [4.78, 5) is 52.1. The monoisotopic (exact) mass is 658 g/mol. The minimum Gasteiger partial charge on any atom is -0.480 e. The Kier molecular flexibility index (Phi) is 10.1. The van der Waals surface area contributed by atoms with Crippen LogP contribution in [0.4, 0.5) is 0 Å². The number of guanidine groups is 1. The van der Waals surface area contributed by atoms with E-state index in [1.807, 2.05) is 0 Å². The molecule has 0 aromatic carbocycles. The van der Waals surface area contributed by atoms with Crippen molar-refractivity contribution in [1.82, 2.24) is 5.32 Å². The molecule has 4 aliphatic carbocycles. The summed E-state index contributed by atoms with van der Waals surface area (Å²) in [6.45, 7) is 4.55. The van der Waals surface area contributed by atoms with Crippen LogP contribution in [0.3, 0.4) is 0 Å². The van der Waals surface area contributed by atoms with Crippen LogP contribution in [0.1, 0.15) is 102 Å². The number of nitrogens with zero attached hydrogens (tertiary/aromatic N) is 1. The van der Waals surface area contributed by atoms with Crippen LogP contribution in [0.15, 0.2) is 32.6 Å². The molecule has 0 aliphatic heterocycles. The minimum absolute atomic E-state index is 0.0267. The summed E-state index contributed by atoms with van der Waals surface area (Å²) in [5, 5.41) is 36.1. The highest BCUT2D eigenvalue weighted by molar-refractivity contribution is 5.85. The van der Waals surface area contributed by atoms with E-state index in [2.05, 4.69) is 24.2 Å². The summed E-state index contributed by atoms with van der Waals surface area (Å²) in [6.07, 6.45) is 6.23. The van der Waals surface area contributed by atoms with Crippen molar-refractivity contribution in [3.8, 4) is 0 Å². The van der Waals surface area contributed by atoms with Crippen LogP contribution in [0, 0.1) is 28.6 Å². The van der Waals surface area contributed by atoms with Gasteiger partial charge in [0.25, 0.3) is 0 Å². The van der Waals surface area contributed by atoms with Gasteiger partial charge in [-0.05, 0) is 105 Å². The van der Waals surface area contributed by atoms with Crippen LogP contribution in [0.25, 0.3) is 0 Å². The molecule has 5 rings (SSSR count). The topological polar surface area (TPSA) is 228 Å². The fraction of sp³-hybridized carbons (Fsp3) is 0.735. The number of aliphatic hydroxyl groups is 2. The molecule has 1 aromatic heterocycles. The molecule has 1 amide bonds. The van der Waals surface area contributed by atoms with Gasteiger partial charge in [-0.25, -0.2) is 9.59 Å². The average molecular weight is 659 g/mol. The van der Waals surface area contributed by atoms with Crippen molar-refractivity contribution in [2.75, 3.05) is 6.54 Å². The third-order valence-electron chi connectivity index (χ3n) is 12.3. The molecular weight excluding hydrogens is 608 g/mol. The number of ether oxygens (including phenoxy) is 1. The van der Waals surface area contributed by atoms with Gasteiger partial charge in [0, 0.05) is 24.4 Å². The molecule has 13 nitrogen and oxygen atoms in total. The number of aliphatic hydroxyl groups excluding tert-OH is 1. The van der Waals surface area contributed by atoms with Crippen molar-refractivity contribution in [2.45, 2.75) is 121 Å². The number of hydrogen-bond acceptors (Lipinski definition) is 9. The second-order valence-electron chi connectivity index (χ2n) is 14.8. The molecule has 8 N–H and O–H groups in total. The van der Waals surface area contributed by atoms with Crippen molar-refractivity contribution in [1.29, 1.82) is 0 Å². The minimum atomic E-state index is -1.18. The predicted octanol–water partition coefficient (Wildman–Crippen LogP) is 2.17. The lowest BCUT2D eigenvalue weighted by atomic mass is 9.42. The molecule has 10 atom stereocenters. The number of esters is 1. The van der Waals surface area contributed by atoms with Crippen molar-refractivity contribution in [2.24, 2.45) is 45.0 Å². The first kappa shape index (κ1) is 34.9. The van der Waals surface area contributed by atoms with E-state index >= 15 is 0 Å². The number of aliphatic imine (C=N–C) groups is 1. The summed E-state index contributed by atoms with van der Waals surface area (Å²) in [6, 6.07) is 2.09. The number of fused-ring (bicyclic) bond motifs is 5. The fourth-order valence-corrected chi connectivity index (χ4v) is 9.99. The Bertz CT molecular complexity index is 1410. The third-order valence-corrected chi connectivity index (χ3v) is 12.3. The molecule has 1 heterocycles. The number of rotatable bonds is 11. The second-order valence-corrected chi connectivity index (χ2v) is 14.8. The maximum Gasteiger partial charge on any atom is 0.335 e. The Labute approximate surface area is 274 Å². The number of amides is 1. The van der Waals surface area contributed by atoms with E-state index in [0.717, 1.165) is 31.2 Å². The van der Waals surface area contributed by atoms with Gasteiger partial charge in [0.1, 0.15) is 12.1 Å². The first-order valence-electron chi connectivity index (χ1n) is 16.9. The lowest BCUT2D eigenvalue weighted by Gasteiger charge is -2.65. The number of carbonyl (C=O) groups is 3. The molecule has 0 saturated heterocycles. The van der Waals surface area contributed by atoms with E-state index in [-0.39, 0.29) is 67.0 Å². The van der Waals surface area contributed by atoms with E-state index in [1.54, 1.807) is 6.07 Å². The van der Waals surface area contributed by atoms with Crippen molar-refractivity contribution in [3.63, 3.8) is 0 Å². The molecule has 4 saturated carbocycles. The summed E-state index contributed by atoms with van der Waals surface area (Å²) >= 11 is 0. The van der Waals surface area contributed by atoms with E-state index in [0.29, 0.717) is 32.1 Å². The highest BCUT2D eigenvalue weighted by Gasteiger charge is 2.69. The molecule has 0 spiro atoms. The lowest BCUT2D eigenvalue weighted by Crippen LogP contribution is -2.66. The number of aliphatic carboxylic acids is 1. The van der Waals surface area contributed by atoms with E-state index in [4.69, 9.17) is 20.6 Å². The summed E-state index contributed by atoms with van der Waals surface area (Å²) in [7, 11) is 0. The second kappa shape index (κ2) is 13.6. The number of carboxylic acids is 1. The van der Waals surface area contributed by atoms with Gasteiger partial charge in [0.15, 0.2) is 5.96 Å². The molecule has 4 aliphatic rings. The first-order valence-corrected chi connectivity index (χ1v) is 16.9. The van der Waals surface area contributed by atoms with Crippen LogP contribution < -0.4 is 22.4 Å². The zero-order valence-electron chi connectivity index (χ0n) is 27.4. The zero-order valence-corrected chi connectivity index (χ0v) is 27.4. The van der Waals surface area contributed by atoms with E-state index in [9.17, 15) is 34.5 Å². The Morgan fingerprint density at radius 2 is 1.89 bits per heavy atom. The molecule has 1 aromatic rings. The molecule has 260 valence electrons. The molecular formula is C34H50N4O9. The Balaban J connectivity index is 1.15. The summed E-state index contributed by atoms with van der Waals surface area (Å²) < 4.78 is 11.0. The van der Waals surface area contributed by atoms with Gasteiger partial charge in [-0.3, -0.25) is 14.6 Å². The van der Waals surface area contributed by atoms with Gasteiger partial charge in [0.05, 0.1) is 24.4 Å². The molecule has 47 heavy (non-hydrogen) atoms. The van der Waals surface area contributed by atoms with Crippen LogP contribution in [0.5, 0.6) is 0 Å². The largest absolute Gasteiger partial charge is 0.480 e. The van der Waals surface area contributed by atoms with Crippen molar-refractivity contribution < 1.29 is 38.9 Å². The molecule has 0 bridgehead atoms. The maximum absolute atomic E-state index is 12.7. The fourth-order valence-electron chi connectivity index (χ4n) is 9.99. The molecule has 0 unspecified atom stereocenters. The van der Waals surface area contributed by atoms with Crippen LogP contribution in [0.2, 0.25) is 0 Å². The normalized spacial score (nSPS) is 36.6. The highest BCUT2D eigenvalue weighted by atomic mass is 16.5. The predicted molar refractivity (Wildman–Crippen MR) is 171 cm³/mol. The zero-order chi connectivity index (χ0) is 34.1. The lowest BCUT2D eigenvalue weighted by molar-refractivity contribution is -0.240. The third kappa shape index (κ3) is 6.78. The average Bonchev–Trinajstić information content (AvgIpc) is 3.28. The van der Waals surface area contributed by atoms with Gasteiger partial charge in [0.2, 0.25) is 5.91 Å². The Hall–Kier alpha value is -3.45.